The molecule has 6 nitrogen and oxygen atoms in total. The molecule has 224 valence electrons. The molecule has 0 saturated heterocycles. The number of hydrogen-bond acceptors (Lipinski definition) is 6. The Morgan fingerprint density at radius 3 is 0.973 bits per heavy atom. The van der Waals surface area contributed by atoms with E-state index in [1.807, 2.05) is 20.8 Å². The summed E-state index contributed by atoms with van der Waals surface area (Å²) in [6, 6.07) is 0. The molecule has 3 unspecified atom stereocenters. The number of carboxylic acids is 3. The Balaban J connectivity index is -0.000000218. The number of carbonyl (C=O) groups is 3. The van der Waals surface area contributed by atoms with E-state index in [0.717, 1.165) is 83.5 Å². The summed E-state index contributed by atoms with van der Waals surface area (Å²) in [5, 5.41) is 32.3. The minimum absolute atomic E-state index is 0. The van der Waals surface area contributed by atoms with E-state index in [1.54, 1.807) is 20.8 Å². The third-order valence-corrected chi connectivity index (χ3v) is 7.59. The predicted octanol–water partition coefficient (Wildman–Crippen LogP) is 5.20. The molecule has 0 heterocycles. The molecule has 0 aromatic carbocycles. The van der Waals surface area contributed by atoms with Crippen LogP contribution in [0.2, 0.25) is 0 Å². The van der Waals surface area contributed by atoms with E-state index in [-0.39, 0.29) is 37.7 Å². The van der Waals surface area contributed by atoms with Gasteiger partial charge in [0, 0.05) is 34.2 Å². The van der Waals surface area contributed by atoms with Gasteiger partial charge in [0.25, 0.3) is 0 Å². The maximum atomic E-state index is 10.8. The van der Waals surface area contributed by atoms with Gasteiger partial charge in [-0.1, -0.05) is 120 Å². The zero-order valence-electron chi connectivity index (χ0n) is 25.4. The van der Waals surface area contributed by atoms with Gasteiger partial charge in [0.2, 0.25) is 0 Å². The molecular formula is C30H57HoO6. The quantitative estimate of drug-likeness (QED) is 0.145. The largest absolute Gasteiger partial charge is 3.00 e. The topological polar surface area (TPSA) is 120 Å². The van der Waals surface area contributed by atoms with Gasteiger partial charge in [-0.05, 0) is 38.5 Å². The van der Waals surface area contributed by atoms with E-state index in [2.05, 4.69) is 20.8 Å². The van der Waals surface area contributed by atoms with Crippen molar-refractivity contribution in [2.24, 2.45) is 16.2 Å². The van der Waals surface area contributed by atoms with Gasteiger partial charge >= 0.3 is 37.7 Å². The molecular weight excluding hydrogens is 621 g/mol. The molecule has 3 atom stereocenters. The molecule has 0 radical (unpaired) electrons. The van der Waals surface area contributed by atoms with Crippen molar-refractivity contribution in [2.75, 3.05) is 0 Å². The van der Waals surface area contributed by atoms with Crippen LogP contribution in [0.1, 0.15) is 159 Å². The standard InChI is InChI=1S/3C10H20O2.Ho/c2*1-4-6-7-8-10(3,5-2)9(11)12;1-4-6-8-10(3,7-5-2)9(11)12;/h3*4-8H2,1-3H3,(H,11,12);/q;;;+3/p-3. The first-order chi connectivity index (χ1) is 16.7. The maximum absolute atomic E-state index is 10.8. The molecule has 0 saturated carbocycles. The monoisotopic (exact) mass is 678 g/mol. The molecule has 0 rings (SSSR count). The zero-order valence-corrected chi connectivity index (χ0v) is 27.3. The number of carbonyl (C=O) groups excluding carboxylic acids is 3. The minimum atomic E-state index is -0.902. The van der Waals surface area contributed by atoms with Crippen LogP contribution in [-0.4, -0.2) is 17.9 Å². The van der Waals surface area contributed by atoms with E-state index in [1.165, 1.54) is 0 Å². The van der Waals surface area contributed by atoms with E-state index in [9.17, 15) is 29.7 Å². The van der Waals surface area contributed by atoms with Crippen molar-refractivity contribution < 1.29 is 67.4 Å². The van der Waals surface area contributed by atoms with Gasteiger partial charge in [-0.3, -0.25) is 0 Å². The van der Waals surface area contributed by atoms with Crippen molar-refractivity contribution in [3.05, 3.63) is 0 Å². The average Bonchev–Trinajstić information content (AvgIpc) is 2.83. The Morgan fingerprint density at radius 1 is 0.459 bits per heavy atom. The van der Waals surface area contributed by atoms with E-state index < -0.39 is 34.2 Å². The van der Waals surface area contributed by atoms with Crippen LogP contribution >= 0.6 is 0 Å². The van der Waals surface area contributed by atoms with Crippen molar-refractivity contribution in [2.45, 2.75) is 159 Å². The summed E-state index contributed by atoms with van der Waals surface area (Å²) in [4.78, 5) is 32.3. The Morgan fingerprint density at radius 2 is 0.757 bits per heavy atom. The molecule has 7 heteroatoms. The van der Waals surface area contributed by atoms with Crippen LogP contribution in [0, 0.1) is 54.0 Å². The van der Waals surface area contributed by atoms with Crippen LogP contribution in [0.5, 0.6) is 0 Å². The van der Waals surface area contributed by atoms with Crippen LogP contribution in [-0.2, 0) is 14.4 Å². The number of hydrogen-bond donors (Lipinski definition) is 0. The second-order valence-corrected chi connectivity index (χ2v) is 11.0. The average molecular weight is 679 g/mol. The molecule has 0 aromatic heterocycles. The molecule has 0 spiro atoms. The van der Waals surface area contributed by atoms with Gasteiger partial charge in [0.1, 0.15) is 0 Å². The third kappa shape index (κ3) is 20.3. The zero-order chi connectivity index (χ0) is 28.8. The Bertz CT molecular complexity index is 563. The van der Waals surface area contributed by atoms with Gasteiger partial charge in [0.05, 0.1) is 0 Å². The van der Waals surface area contributed by atoms with E-state index in [4.69, 9.17) is 0 Å². The fraction of sp³-hybridized carbons (Fsp3) is 0.900. The van der Waals surface area contributed by atoms with Crippen LogP contribution in [0.15, 0.2) is 0 Å². The third-order valence-electron chi connectivity index (χ3n) is 7.59. The number of aliphatic carboxylic acids is 3. The van der Waals surface area contributed by atoms with Crippen molar-refractivity contribution >= 4 is 17.9 Å². The maximum Gasteiger partial charge on any atom is 3.00 e. The van der Waals surface area contributed by atoms with Gasteiger partial charge in [-0.25, -0.2) is 0 Å². The summed E-state index contributed by atoms with van der Waals surface area (Å²) in [5.41, 5.74) is -1.80. The fourth-order valence-electron chi connectivity index (χ4n) is 3.82. The normalized spacial score (nSPS) is 15.2. The fourth-order valence-corrected chi connectivity index (χ4v) is 3.82. The Hall–Kier alpha value is -0.330. The van der Waals surface area contributed by atoms with Gasteiger partial charge in [-0.2, -0.15) is 0 Å². The Labute approximate surface area is 258 Å². The second kappa shape index (κ2) is 24.7. The summed E-state index contributed by atoms with van der Waals surface area (Å²) in [7, 11) is 0. The van der Waals surface area contributed by atoms with Gasteiger partial charge in [0.15, 0.2) is 0 Å². The summed E-state index contributed by atoms with van der Waals surface area (Å²) in [5.74, 6) is -2.69. The first kappa shape index (κ1) is 43.7. The van der Waals surface area contributed by atoms with Crippen LogP contribution in [0.25, 0.3) is 0 Å². The minimum Gasteiger partial charge on any atom is -0.550 e. The molecule has 0 amide bonds. The molecule has 0 aliphatic heterocycles. The number of unbranched alkanes of at least 4 members (excludes halogenated alkanes) is 5. The molecule has 0 aliphatic rings. The first-order valence-electron chi connectivity index (χ1n) is 14.3. The summed E-state index contributed by atoms with van der Waals surface area (Å²) in [6.45, 7) is 17.5. The first-order valence-corrected chi connectivity index (χ1v) is 14.3. The van der Waals surface area contributed by atoms with Crippen molar-refractivity contribution in [1.82, 2.24) is 0 Å². The van der Waals surface area contributed by atoms with Crippen LogP contribution in [0.3, 0.4) is 0 Å². The number of carboxylic acid groups (broad SMARTS) is 3. The summed E-state index contributed by atoms with van der Waals surface area (Å²) < 4.78 is 0. The predicted molar refractivity (Wildman–Crippen MR) is 143 cm³/mol. The smallest absolute Gasteiger partial charge is 0.550 e. The molecule has 0 aromatic rings. The second-order valence-electron chi connectivity index (χ2n) is 11.0. The van der Waals surface area contributed by atoms with Gasteiger partial charge in [-0.15, -0.1) is 0 Å². The summed E-state index contributed by atoms with van der Waals surface area (Å²) >= 11 is 0. The molecule has 0 fully saturated rings. The van der Waals surface area contributed by atoms with Crippen LogP contribution < -0.4 is 15.3 Å². The summed E-state index contributed by atoms with van der Waals surface area (Å²) in [6.07, 6.45) is 13.7. The van der Waals surface area contributed by atoms with Crippen LogP contribution in [0.4, 0.5) is 0 Å². The molecule has 0 bridgehead atoms. The van der Waals surface area contributed by atoms with E-state index in [0.29, 0.717) is 12.8 Å². The van der Waals surface area contributed by atoms with Crippen molar-refractivity contribution in [1.29, 1.82) is 0 Å². The Kier molecular flexibility index (Phi) is 29.2. The SMILES string of the molecule is CCCCC(C)(CCC)C(=O)[O-].CCCCCC(C)(CC)C(=O)[O-].CCCCCC(C)(CC)C(=O)[O-].[Ho+3]. The van der Waals surface area contributed by atoms with Crippen molar-refractivity contribution in [3.8, 4) is 0 Å². The van der Waals surface area contributed by atoms with Gasteiger partial charge < -0.3 is 29.7 Å². The molecule has 0 aliphatic carbocycles. The number of rotatable bonds is 18. The molecule has 37 heavy (non-hydrogen) atoms. The van der Waals surface area contributed by atoms with E-state index >= 15 is 0 Å². The molecule has 0 N–H and O–H groups in total. The van der Waals surface area contributed by atoms with Crippen molar-refractivity contribution in [3.63, 3.8) is 0 Å².